The number of hydrogen-bond acceptors (Lipinski definition) is 6. The molecule has 0 saturated carbocycles. The molecule has 1 fully saturated rings. The van der Waals surface area contributed by atoms with Crippen LogP contribution in [0.1, 0.15) is 13.8 Å². The van der Waals surface area contributed by atoms with Crippen molar-refractivity contribution in [2.24, 2.45) is 0 Å². The zero-order valence-electron chi connectivity index (χ0n) is 17.3. The molecule has 2 aromatic rings. The van der Waals surface area contributed by atoms with E-state index >= 15 is 0 Å². The van der Waals surface area contributed by atoms with Gasteiger partial charge in [0.15, 0.2) is 0 Å². The molecule has 3 rings (SSSR count). The molecule has 30 heavy (non-hydrogen) atoms. The first kappa shape index (κ1) is 23.6. The number of hydrogen-bond donors (Lipinski definition) is 2. The third-order valence-electron chi connectivity index (χ3n) is 4.45. The largest absolute Gasteiger partial charge is 0.491 e. The minimum Gasteiger partial charge on any atom is -0.491 e. The van der Waals surface area contributed by atoms with Crippen LogP contribution in [0.5, 0.6) is 5.75 Å². The summed E-state index contributed by atoms with van der Waals surface area (Å²) in [5.74, 6) is -2.75. The number of fused-ring (bicyclic) bond motifs is 1. The highest BCUT2D eigenvalue weighted by molar-refractivity contribution is 6.27. The molecule has 2 unspecified atom stereocenters. The lowest BCUT2D eigenvalue weighted by atomic mass is 10.1. The number of benzene rings is 2. The van der Waals surface area contributed by atoms with Crippen LogP contribution in [0.15, 0.2) is 42.5 Å². The van der Waals surface area contributed by atoms with Gasteiger partial charge in [0.25, 0.3) is 0 Å². The van der Waals surface area contributed by atoms with E-state index in [-0.39, 0.29) is 0 Å². The Labute approximate surface area is 176 Å². The van der Waals surface area contributed by atoms with E-state index in [1.807, 2.05) is 18.2 Å². The standard InChI is InChI=1S/C20H27NO3.C2H2O4/c1-16-14-21(15-17(2)24-16)9-10-22-11-12-23-20-8-7-18-5-3-4-6-19(18)13-20;3-1(4)2(5)6/h3-8,13,16-17H,9-12,14-15H2,1-2H3;(H,3,4)(H,5,6). The molecule has 0 radical (unpaired) electrons. The predicted molar refractivity (Wildman–Crippen MR) is 112 cm³/mol. The summed E-state index contributed by atoms with van der Waals surface area (Å²) < 4.78 is 17.2. The number of nitrogens with zero attached hydrogens (tertiary/aromatic N) is 1. The summed E-state index contributed by atoms with van der Waals surface area (Å²) in [5, 5.41) is 17.2. The lowest BCUT2D eigenvalue weighted by molar-refractivity contribution is -0.159. The third-order valence-corrected chi connectivity index (χ3v) is 4.45. The number of ether oxygens (including phenoxy) is 3. The highest BCUT2D eigenvalue weighted by Gasteiger charge is 2.21. The average molecular weight is 419 g/mol. The summed E-state index contributed by atoms with van der Waals surface area (Å²) >= 11 is 0. The van der Waals surface area contributed by atoms with Gasteiger partial charge in [0.05, 0.1) is 25.4 Å². The van der Waals surface area contributed by atoms with Crippen molar-refractivity contribution >= 4 is 22.7 Å². The van der Waals surface area contributed by atoms with Gasteiger partial charge in [0.2, 0.25) is 0 Å². The van der Waals surface area contributed by atoms with Gasteiger partial charge in [-0.25, -0.2) is 9.59 Å². The summed E-state index contributed by atoms with van der Waals surface area (Å²) in [5.41, 5.74) is 0. The van der Waals surface area contributed by atoms with Crippen LogP contribution >= 0.6 is 0 Å². The zero-order valence-corrected chi connectivity index (χ0v) is 17.3. The van der Waals surface area contributed by atoms with Crippen LogP contribution in [0.25, 0.3) is 10.8 Å². The van der Waals surface area contributed by atoms with Gasteiger partial charge in [-0.2, -0.15) is 0 Å². The Balaban J connectivity index is 0.000000469. The Kier molecular flexibility index (Phi) is 9.53. The fourth-order valence-corrected chi connectivity index (χ4v) is 3.24. The monoisotopic (exact) mass is 419 g/mol. The lowest BCUT2D eigenvalue weighted by Crippen LogP contribution is -2.46. The molecule has 2 N–H and O–H groups in total. The molecule has 164 valence electrons. The maximum atomic E-state index is 9.10. The smallest absolute Gasteiger partial charge is 0.414 e. The molecule has 1 aliphatic heterocycles. The summed E-state index contributed by atoms with van der Waals surface area (Å²) in [6.45, 7) is 9.11. The van der Waals surface area contributed by atoms with Gasteiger partial charge in [-0.3, -0.25) is 4.90 Å². The van der Waals surface area contributed by atoms with Crippen LogP contribution in [-0.2, 0) is 19.1 Å². The highest BCUT2D eigenvalue weighted by Crippen LogP contribution is 2.20. The third kappa shape index (κ3) is 8.36. The molecule has 0 bridgehead atoms. The normalized spacial score (nSPS) is 19.0. The molecule has 0 spiro atoms. The van der Waals surface area contributed by atoms with Crippen molar-refractivity contribution < 1.29 is 34.0 Å². The second kappa shape index (κ2) is 12.1. The number of morpholine rings is 1. The van der Waals surface area contributed by atoms with Crippen LogP contribution in [-0.4, -0.2) is 78.7 Å². The number of carboxylic acid groups (broad SMARTS) is 2. The number of carboxylic acids is 2. The van der Waals surface area contributed by atoms with Crippen molar-refractivity contribution in [3.63, 3.8) is 0 Å². The van der Waals surface area contributed by atoms with E-state index in [2.05, 4.69) is 43.0 Å². The van der Waals surface area contributed by atoms with Crippen LogP contribution in [0.3, 0.4) is 0 Å². The maximum absolute atomic E-state index is 9.10. The summed E-state index contributed by atoms with van der Waals surface area (Å²) in [6, 6.07) is 14.5. The van der Waals surface area contributed by atoms with Gasteiger partial charge >= 0.3 is 11.9 Å². The van der Waals surface area contributed by atoms with E-state index < -0.39 is 11.9 Å². The average Bonchev–Trinajstić information content (AvgIpc) is 2.70. The molecule has 1 aliphatic rings. The Hall–Kier alpha value is -2.68. The maximum Gasteiger partial charge on any atom is 0.414 e. The first-order valence-corrected chi connectivity index (χ1v) is 9.88. The summed E-state index contributed by atoms with van der Waals surface area (Å²) in [6.07, 6.45) is 0.620. The van der Waals surface area contributed by atoms with E-state index in [0.717, 1.165) is 32.0 Å². The fourth-order valence-electron chi connectivity index (χ4n) is 3.24. The summed E-state index contributed by atoms with van der Waals surface area (Å²) in [4.78, 5) is 20.6. The van der Waals surface area contributed by atoms with E-state index in [1.165, 1.54) is 10.8 Å². The second-order valence-electron chi connectivity index (χ2n) is 7.10. The van der Waals surface area contributed by atoms with Crippen molar-refractivity contribution in [3.8, 4) is 5.75 Å². The first-order chi connectivity index (χ1) is 14.3. The van der Waals surface area contributed by atoms with Gasteiger partial charge in [0.1, 0.15) is 12.4 Å². The summed E-state index contributed by atoms with van der Waals surface area (Å²) in [7, 11) is 0. The molecular formula is C22H29NO7. The zero-order chi connectivity index (χ0) is 21.9. The minimum absolute atomic E-state index is 0.310. The first-order valence-electron chi connectivity index (χ1n) is 9.88. The van der Waals surface area contributed by atoms with E-state index in [1.54, 1.807) is 0 Å². The van der Waals surface area contributed by atoms with Crippen molar-refractivity contribution in [1.82, 2.24) is 4.90 Å². The second-order valence-corrected chi connectivity index (χ2v) is 7.10. The topological polar surface area (TPSA) is 106 Å². The van der Waals surface area contributed by atoms with E-state index in [0.29, 0.717) is 25.4 Å². The van der Waals surface area contributed by atoms with E-state index in [4.69, 9.17) is 34.0 Å². The molecule has 8 heteroatoms. The van der Waals surface area contributed by atoms with Gasteiger partial charge in [-0.15, -0.1) is 0 Å². The van der Waals surface area contributed by atoms with E-state index in [9.17, 15) is 0 Å². The molecule has 2 aromatic carbocycles. The SMILES string of the molecule is CC1CN(CCOCCOc2ccc3ccccc3c2)CC(C)O1.O=C(O)C(=O)O. The van der Waals surface area contributed by atoms with Crippen molar-refractivity contribution in [1.29, 1.82) is 0 Å². The molecule has 1 saturated heterocycles. The molecular weight excluding hydrogens is 390 g/mol. The Bertz CT molecular complexity index is 804. The van der Waals surface area contributed by atoms with Crippen molar-refractivity contribution in [2.45, 2.75) is 26.1 Å². The Morgan fingerprint density at radius 2 is 1.60 bits per heavy atom. The van der Waals surface area contributed by atoms with Gasteiger partial charge in [-0.1, -0.05) is 30.3 Å². The molecule has 0 amide bonds. The van der Waals surface area contributed by atoms with Crippen LogP contribution < -0.4 is 4.74 Å². The molecule has 0 aliphatic carbocycles. The number of aliphatic carboxylic acids is 2. The molecule has 0 aromatic heterocycles. The van der Waals surface area contributed by atoms with Crippen molar-refractivity contribution in [2.75, 3.05) is 39.5 Å². The Morgan fingerprint density at radius 1 is 0.967 bits per heavy atom. The van der Waals surface area contributed by atoms with Gasteiger partial charge < -0.3 is 24.4 Å². The van der Waals surface area contributed by atoms with Gasteiger partial charge in [0, 0.05) is 19.6 Å². The van der Waals surface area contributed by atoms with Gasteiger partial charge in [-0.05, 0) is 36.8 Å². The Morgan fingerprint density at radius 3 is 2.23 bits per heavy atom. The minimum atomic E-state index is -1.82. The number of rotatable bonds is 7. The number of carbonyl (C=O) groups is 2. The fraction of sp³-hybridized carbons (Fsp3) is 0.455. The molecule has 1 heterocycles. The van der Waals surface area contributed by atoms with Crippen LogP contribution in [0, 0.1) is 0 Å². The van der Waals surface area contributed by atoms with Crippen LogP contribution in [0.4, 0.5) is 0 Å². The molecule has 2 atom stereocenters. The van der Waals surface area contributed by atoms with Crippen LogP contribution in [0.2, 0.25) is 0 Å². The quantitative estimate of drug-likeness (QED) is 0.521. The lowest BCUT2D eigenvalue weighted by Gasteiger charge is -2.35. The predicted octanol–water partition coefficient (Wildman–Crippen LogP) is 2.50. The van der Waals surface area contributed by atoms with Crippen molar-refractivity contribution in [3.05, 3.63) is 42.5 Å². The molecule has 8 nitrogen and oxygen atoms in total. The highest BCUT2D eigenvalue weighted by atomic mass is 16.5.